The van der Waals surface area contributed by atoms with Crippen LogP contribution in [0.15, 0.2) is 41.8 Å². The molecule has 2 aliphatic rings. The van der Waals surface area contributed by atoms with E-state index in [1.807, 2.05) is 11.8 Å². The molecule has 0 saturated carbocycles. The van der Waals surface area contributed by atoms with Crippen molar-refractivity contribution in [2.75, 3.05) is 24.5 Å². The van der Waals surface area contributed by atoms with Crippen molar-refractivity contribution < 1.29 is 13.6 Å². The van der Waals surface area contributed by atoms with Crippen molar-refractivity contribution in [3.05, 3.63) is 53.9 Å². The second-order valence-electron chi connectivity index (χ2n) is 6.92. The van der Waals surface area contributed by atoms with Crippen LogP contribution in [0.4, 0.5) is 19.5 Å². The molecule has 0 aliphatic carbocycles. The van der Waals surface area contributed by atoms with E-state index in [2.05, 4.69) is 15.1 Å². The predicted octanol–water partition coefficient (Wildman–Crippen LogP) is 2.93. The summed E-state index contributed by atoms with van der Waals surface area (Å²) < 4.78 is 26.6. The maximum Gasteiger partial charge on any atom is 0.341 e. The van der Waals surface area contributed by atoms with E-state index in [-0.39, 0.29) is 37.4 Å². The van der Waals surface area contributed by atoms with Crippen LogP contribution in [0.3, 0.4) is 0 Å². The summed E-state index contributed by atoms with van der Waals surface area (Å²) in [7, 11) is 0. The molecule has 2 aromatic rings. The topological polar surface area (TPSA) is 64.9 Å². The summed E-state index contributed by atoms with van der Waals surface area (Å²) in [6.45, 7) is 3.46. The van der Waals surface area contributed by atoms with E-state index in [9.17, 15) is 13.6 Å². The highest BCUT2D eigenvalue weighted by Crippen LogP contribution is 2.30. The van der Waals surface area contributed by atoms with Crippen molar-refractivity contribution in [1.82, 2.24) is 19.9 Å². The molecule has 0 N–H and O–H groups in total. The highest BCUT2D eigenvalue weighted by Gasteiger charge is 2.36. The van der Waals surface area contributed by atoms with Crippen molar-refractivity contribution in [2.24, 2.45) is 5.10 Å². The lowest BCUT2D eigenvalue weighted by Gasteiger charge is -2.41. The van der Waals surface area contributed by atoms with Gasteiger partial charge in [0.2, 0.25) is 5.95 Å². The van der Waals surface area contributed by atoms with Crippen LogP contribution in [-0.2, 0) is 0 Å². The molecule has 3 heterocycles. The van der Waals surface area contributed by atoms with Gasteiger partial charge < -0.3 is 9.80 Å². The molecule has 1 aromatic heterocycles. The SMILES string of the molecule is C[C@H]1CN(c2ncc(F)cn2)CCN1C(=O)N1N=CCC1c1cccc(F)c1.S. The fourth-order valence-electron chi connectivity index (χ4n) is 3.61. The summed E-state index contributed by atoms with van der Waals surface area (Å²) in [5.74, 6) is -0.379. The number of rotatable bonds is 2. The van der Waals surface area contributed by atoms with Crippen LogP contribution in [0.2, 0.25) is 0 Å². The summed E-state index contributed by atoms with van der Waals surface area (Å²) >= 11 is 0. The Kier molecular flexibility index (Phi) is 6.31. The molecule has 154 valence electrons. The third-order valence-electron chi connectivity index (χ3n) is 5.02. The average molecular weight is 420 g/mol. The lowest BCUT2D eigenvalue weighted by atomic mass is 10.0. The molecule has 0 bridgehead atoms. The molecule has 0 radical (unpaired) electrons. The molecular formula is C19H22F2N6OS. The number of aromatic nitrogens is 2. The van der Waals surface area contributed by atoms with E-state index in [1.165, 1.54) is 17.1 Å². The second-order valence-corrected chi connectivity index (χ2v) is 6.92. The lowest BCUT2D eigenvalue weighted by Crippen LogP contribution is -2.57. The van der Waals surface area contributed by atoms with Crippen LogP contribution in [-0.4, -0.2) is 57.8 Å². The van der Waals surface area contributed by atoms with Crippen LogP contribution < -0.4 is 4.90 Å². The van der Waals surface area contributed by atoms with Gasteiger partial charge in [-0.25, -0.2) is 28.6 Å². The number of amides is 2. The number of hydrogen-bond acceptors (Lipinski definition) is 5. The minimum absolute atomic E-state index is 0. The summed E-state index contributed by atoms with van der Waals surface area (Å²) in [4.78, 5) is 24.8. The number of urea groups is 1. The molecule has 7 nitrogen and oxygen atoms in total. The van der Waals surface area contributed by atoms with E-state index < -0.39 is 5.82 Å². The van der Waals surface area contributed by atoms with E-state index >= 15 is 0 Å². The first kappa shape index (κ1) is 21.0. The molecule has 0 spiro atoms. The third-order valence-corrected chi connectivity index (χ3v) is 5.02. The lowest BCUT2D eigenvalue weighted by molar-refractivity contribution is 0.121. The van der Waals surface area contributed by atoms with Gasteiger partial charge >= 0.3 is 6.03 Å². The fraction of sp³-hybridized carbons (Fsp3) is 0.368. The molecule has 2 amide bonds. The van der Waals surface area contributed by atoms with E-state index in [0.29, 0.717) is 32.0 Å². The number of piperazine rings is 1. The first-order valence-electron chi connectivity index (χ1n) is 9.13. The number of nitrogens with zero attached hydrogens (tertiary/aromatic N) is 6. The van der Waals surface area contributed by atoms with Gasteiger partial charge in [-0.3, -0.25) is 0 Å². The van der Waals surface area contributed by atoms with E-state index in [0.717, 1.165) is 18.0 Å². The molecule has 1 saturated heterocycles. The minimum Gasteiger partial charge on any atom is -0.337 e. The quantitative estimate of drug-likeness (QED) is 0.749. The van der Waals surface area contributed by atoms with Crippen molar-refractivity contribution in [2.45, 2.75) is 25.4 Å². The maximum absolute atomic E-state index is 13.6. The predicted molar refractivity (Wildman–Crippen MR) is 110 cm³/mol. The fourth-order valence-corrected chi connectivity index (χ4v) is 3.61. The standard InChI is InChI=1S/C19H20F2N6O.H2S/c1-13-12-25(18-22-10-16(21)11-23-18)7-8-26(13)19(28)27-17(5-6-24-27)14-3-2-4-15(20)9-14;/h2-4,6,9-11,13,17H,5,7-8,12H2,1H3;1H2/t13-,17?;/m0./s1. The van der Waals surface area contributed by atoms with E-state index in [1.54, 1.807) is 23.2 Å². The van der Waals surface area contributed by atoms with Gasteiger partial charge in [-0.1, -0.05) is 12.1 Å². The summed E-state index contributed by atoms with van der Waals surface area (Å²) in [6.07, 6.45) is 4.49. The zero-order valence-corrected chi connectivity index (χ0v) is 16.9. The Balaban J connectivity index is 0.00000240. The smallest absolute Gasteiger partial charge is 0.337 e. The van der Waals surface area contributed by atoms with Gasteiger partial charge in [-0.2, -0.15) is 18.6 Å². The molecule has 4 rings (SSSR count). The Morgan fingerprint density at radius 3 is 2.59 bits per heavy atom. The Hall–Kier alpha value is -2.75. The molecule has 1 fully saturated rings. The zero-order chi connectivity index (χ0) is 19.7. The van der Waals surface area contributed by atoms with Gasteiger partial charge in [0.05, 0.1) is 18.4 Å². The summed E-state index contributed by atoms with van der Waals surface area (Å²) in [6, 6.07) is 5.62. The van der Waals surface area contributed by atoms with Crippen molar-refractivity contribution in [3.8, 4) is 0 Å². The Morgan fingerprint density at radius 1 is 1.14 bits per heavy atom. The molecule has 10 heteroatoms. The first-order valence-corrected chi connectivity index (χ1v) is 9.13. The third kappa shape index (κ3) is 4.31. The largest absolute Gasteiger partial charge is 0.341 e. The molecule has 1 unspecified atom stereocenters. The van der Waals surface area contributed by atoms with Crippen molar-refractivity contribution in [1.29, 1.82) is 0 Å². The molecule has 1 aromatic carbocycles. The van der Waals surface area contributed by atoms with Gasteiger partial charge in [0, 0.05) is 38.3 Å². The van der Waals surface area contributed by atoms with Crippen LogP contribution >= 0.6 is 13.5 Å². The number of carbonyl (C=O) groups is 1. The first-order chi connectivity index (χ1) is 13.5. The highest BCUT2D eigenvalue weighted by atomic mass is 32.1. The van der Waals surface area contributed by atoms with Crippen LogP contribution in [0.5, 0.6) is 0 Å². The number of hydrogen-bond donors (Lipinski definition) is 0. The Morgan fingerprint density at radius 2 is 1.90 bits per heavy atom. The van der Waals surface area contributed by atoms with Crippen LogP contribution in [0.25, 0.3) is 0 Å². The summed E-state index contributed by atoms with van der Waals surface area (Å²) in [5, 5.41) is 5.66. The van der Waals surface area contributed by atoms with E-state index in [4.69, 9.17) is 0 Å². The van der Waals surface area contributed by atoms with Gasteiger partial charge in [-0.05, 0) is 24.6 Å². The second kappa shape index (κ2) is 8.73. The minimum atomic E-state index is -0.485. The summed E-state index contributed by atoms with van der Waals surface area (Å²) in [5.41, 5.74) is 0.719. The number of hydrazone groups is 1. The number of benzene rings is 1. The molecule has 2 aliphatic heterocycles. The Bertz CT molecular complexity index is 897. The number of carbonyl (C=O) groups excluding carboxylic acids is 1. The Labute approximate surface area is 174 Å². The van der Waals surface area contributed by atoms with Gasteiger partial charge in [0.15, 0.2) is 5.82 Å². The number of halogens is 2. The van der Waals surface area contributed by atoms with Gasteiger partial charge in [0.25, 0.3) is 0 Å². The number of anilines is 1. The maximum atomic E-state index is 13.6. The molecular weight excluding hydrogens is 398 g/mol. The van der Waals surface area contributed by atoms with Gasteiger partial charge in [0.1, 0.15) is 5.82 Å². The molecule has 2 atom stereocenters. The monoisotopic (exact) mass is 420 g/mol. The van der Waals surface area contributed by atoms with Crippen molar-refractivity contribution >= 4 is 31.7 Å². The molecule has 29 heavy (non-hydrogen) atoms. The van der Waals surface area contributed by atoms with Crippen molar-refractivity contribution in [3.63, 3.8) is 0 Å². The van der Waals surface area contributed by atoms with Crippen LogP contribution in [0.1, 0.15) is 24.9 Å². The highest BCUT2D eigenvalue weighted by molar-refractivity contribution is 7.59. The normalized spacial score (nSPS) is 21.3. The van der Waals surface area contributed by atoms with Crippen LogP contribution in [0, 0.1) is 11.6 Å². The van der Waals surface area contributed by atoms with Gasteiger partial charge in [-0.15, -0.1) is 0 Å². The average Bonchev–Trinajstić information content (AvgIpc) is 3.18. The zero-order valence-electron chi connectivity index (χ0n) is 15.9.